The molecule has 20 heavy (non-hydrogen) atoms. The molecule has 0 unspecified atom stereocenters. The third-order valence-corrected chi connectivity index (χ3v) is 3.92. The second-order valence-electron chi connectivity index (χ2n) is 5.61. The maximum absolute atomic E-state index is 11.3. The van der Waals surface area contributed by atoms with Crippen LogP contribution in [-0.4, -0.2) is 73.5 Å². The van der Waals surface area contributed by atoms with Gasteiger partial charge in [0.05, 0.1) is 0 Å². The zero-order chi connectivity index (χ0) is 14.9. The van der Waals surface area contributed by atoms with Crippen LogP contribution in [0.25, 0.3) is 0 Å². The van der Waals surface area contributed by atoms with Gasteiger partial charge in [-0.05, 0) is 12.3 Å². The Hall–Kier alpha value is 0.576. The number of carboxylic acids is 2. The number of rotatable bonds is 11. The molecule has 0 aromatic heterocycles. The van der Waals surface area contributed by atoms with E-state index in [0.717, 1.165) is 19.3 Å². The van der Waals surface area contributed by atoms with Crippen molar-refractivity contribution in [2.45, 2.75) is 72.1 Å². The van der Waals surface area contributed by atoms with Gasteiger partial charge in [-0.15, -0.1) is 0 Å². The van der Waals surface area contributed by atoms with Crippen LogP contribution in [0.15, 0.2) is 0 Å². The molecule has 114 valence electrons. The summed E-state index contributed by atoms with van der Waals surface area (Å²) in [5.74, 6) is -2.82. The summed E-state index contributed by atoms with van der Waals surface area (Å²) >= 11 is 0. The minimum absolute atomic E-state index is 0. The summed E-state index contributed by atoms with van der Waals surface area (Å²) in [6, 6.07) is 0. The van der Waals surface area contributed by atoms with Crippen molar-refractivity contribution in [2.24, 2.45) is 11.3 Å². The van der Waals surface area contributed by atoms with Crippen molar-refractivity contribution in [3.05, 3.63) is 0 Å². The summed E-state index contributed by atoms with van der Waals surface area (Å²) in [6.07, 6.45) is 7.68. The van der Waals surface area contributed by atoms with Crippen LogP contribution >= 0.6 is 0 Å². The van der Waals surface area contributed by atoms with Gasteiger partial charge in [0.15, 0.2) is 5.41 Å². The van der Waals surface area contributed by atoms with Gasteiger partial charge in [0.1, 0.15) is 0 Å². The first kappa shape index (κ1) is 22.9. The van der Waals surface area contributed by atoms with Crippen molar-refractivity contribution in [2.75, 3.05) is 0 Å². The van der Waals surface area contributed by atoms with Gasteiger partial charge >= 0.3 is 63.3 Å². The second kappa shape index (κ2) is 12.2. The number of hydrogen-bond donors (Lipinski definition) is 2. The molecule has 5 heteroatoms. The van der Waals surface area contributed by atoms with Crippen molar-refractivity contribution < 1.29 is 19.8 Å². The molecular formula is C15H29KO4. The fourth-order valence-corrected chi connectivity index (χ4v) is 2.45. The molecule has 0 bridgehead atoms. The normalized spacial score (nSPS) is 11.2. The first-order valence-electron chi connectivity index (χ1n) is 7.36. The molecule has 0 aliphatic carbocycles. The van der Waals surface area contributed by atoms with Gasteiger partial charge in [0, 0.05) is 0 Å². The Balaban J connectivity index is 0. The molecule has 0 spiro atoms. The van der Waals surface area contributed by atoms with E-state index >= 15 is 0 Å². The summed E-state index contributed by atoms with van der Waals surface area (Å²) in [5.41, 5.74) is -1.62. The van der Waals surface area contributed by atoms with Crippen molar-refractivity contribution in [3.8, 4) is 0 Å². The Labute approximate surface area is 165 Å². The van der Waals surface area contributed by atoms with Gasteiger partial charge in [-0.25, -0.2) is 0 Å². The van der Waals surface area contributed by atoms with Crippen molar-refractivity contribution in [3.63, 3.8) is 0 Å². The van der Waals surface area contributed by atoms with Crippen LogP contribution in [0.1, 0.15) is 72.1 Å². The van der Waals surface area contributed by atoms with Gasteiger partial charge in [0.25, 0.3) is 0 Å². The first-order chi connectivity index (χ1) is 8.89. The molecule has 0 saturated heterocycles. The predicted molar refractivity (Wildman–Crippen MR) is 82.3 cm³/mol. The Bertz CT molecular complexity index is 276. The number of aliphatic carboxylic acids is 2. The quantitative estimate of drug-likeness (QED) is 0.349. The molecule has 0 aliphatic rings. The van der Waals surface area contributed by atoms with E-state index in [1.165, 1.54) is 19.3 Å². The Kier molecular flexibility index (Phi) is 13.9. The number of carbonyl (C=O) groups is 2. The second-order valence-corrected chi connectivity index (χ2v) is 5.61. The summed E-state index contributed by atoms with van der Waals surface area (Å²) in [4.78, 5) is 22.7. The van der Waals surface area contributed by atoms with Crippen LogP contribution < -0.4 is 0 Å². The molecule has 4 nitrogen and oxygen atoms in total. The average molecular weight is 312 g/mol. The molecule has 0 aromatic rings. The van der Waals surface area contributed by atoms with Gasteiger partial charge in [-0.2, -0.15) is 0 Å². The molecule has 0 atom stereocenters. The molecule has 0 radical (unpaired) electrons. The zero-order valence-electron chi connectivity index (χ0n) is 12.4. The van der Waals surface area contributed by atoms with Gasteiger partial charge in [-0.1, -0.05) is 65.7 Å². The van der Waals surface area contributed by atoms with Crippen molar-refractivity contribution in [1.29, 1.82) is 0 Å². The van der Waals surface area contributed by atoms with E-state index in [0.29, 0.717) is 6.42 Å². The predicted octanol–water partition coefficient (Wildman–Crippen LogP) is 3.29. The van der Waals surface area contributed by atoms with Crippen LogP contribution in [0.3, 0.4) is 0 Å². The monoisotopic (exact) mass is 312 g/mol. The molecule has 2 N–H and O–H groups in total. The third-order valence-electron chi connectivity index (χ3n) is 3.92. The molecule has 0 fully saturated rings. The molecule has 0 aromatic carbocycles. The fourth-order valence-electron chi connectivity index (χ4n) is 2.45. The maximum atomic E-state index is 11.3. The Morgan fingerprint density at radius 2 is 1.30 bits per heavy atom. The van der Waals surface area contributed by atoms with Crippen molar-refractivity contribution >= 4 is 63.3 Å². The summed E-state index contributed by atoms with van der Waals surface area (Å²) in [6.45, 7) is 5.50. The number of unbranched alkanes of at least 4 members (excludes halogenated alkanes) is 6. The SMILES string of the molecule is CCCCCCCCCC(C(=O)O)(C(=O)O)C(C)C.[KH]. The standard InChI is InChI=1S/C15H28O4.K.H/c1-4-5-6-7-8-9-10-11-15(12(2)3,13(16)17)14(18)19;;/h12H,4-11H2,1-3H3,(H,16,17)(H,18,19);;. The Morgan fingerprint density at radius 1 is 0.900 bits per heavy atom. The first-order valence-corrected chi connectivity index (χ1v) is 7.36. The van der Waals surface area contributed by atoms with Crippen LogP contribution in [0.4, 0.5) is 0 Å². The molecule has 0 amide bonds. The van der Waals surface area contributed by atoms with E-state index in [9.17, 15) is 19.8 Å². The third kappa shape index (κ3) is 7.03. The van der Waals surface area contributed by atoms with E-state index < -0.39 is 23.3 Å². The van der Waals surface area contributed by atoms with Crippen LogP contribution in [-0.2, 0) is 9.59 Å². The van der Waals surface area contributed by atoms with E-state index in [1.807, 2.05) is 0 Å². The number of hydrogen-bond acceptors (Lipinski definition) is 2. The summed E-state index contributed by atoms with van der Waals surface area (Å²) in [5, 5.41) is 18.5. The van der Waals surface area contributed by atoms with Gasteiger partial charge in [0.2, 0.25) is 0 Å². The molecule has 0 rings (SSSR count). The van der Waals surface area contributed by atoms with E-state index in [1.54, 1.807) is 13.8 Å². The zero-order valence-corrected chi connectivity index (χ0v) is 12.4. The van der Waals surface area contributed by atoms with Gasteiger partial charge < -0.3 is 10.2 Å². The number of carboxylic acid groups (broad SMARTS) is 2. The van der Waals surface area contributed by atoms with E-state index in [2.05, 4.69) is 6.92 Å². The Morgan fingerprint density at radius 3 is 1.65 bits per heavy atom. The van der Waals surface area contributed by atoms with Crippen molar-refractivity contribution in [1.82, 2.24) is 0 Å². The van der Waals surface area contributed by atoms with E-state index in [4.69, 9.17) is 0 Å². The van der Waals surface area contributed by atoms with Crippen LogP contribution in [0.2, 0.25) is 0 Å². The average Bonchev–Trinajstić information content (AvgIpc) is 2.31. The molecular weight excluding hydrogens is 283 g/mol. The summed E-state index contributed by atoms with van der Waals surface area (Å²) in [7, 11) is 0. The van der Waals surface area contributed by atoms with Gasteiger partial charge in [-0.3, -0.25) is 9.59 Å². The molecule has 0 aliphatic heterocycles. The molecule has 0 saturated carbocycles. The minimum atomic E-state index is -1.62. The molecule has 0 heterocycles. The fraction of sp³-hybridized carbons (Fsp3) is 0.867. The van der Waals surface area contributed by atoms with Crippen LogP contribution in [0.5, 0.6) is 0 Å². The topological polar surface area (TPSA) is 74.6 Å². The van der Waals surface area contributed by atoms with Crippen LogP contribution in [0, 0.1) is 11.3 Å². The summed E-state index contributed by atoms with van der Waals surface area (Å²) < 4.78 is 0. The van der Waals surface area contributed by atoms with E-state index in [-0.39, 0.29) is 57.8 Å².